The van der Waals surface area contributed by atoms with Crippen LogP contribution in [0, 0.1) is 0 Å². The zero-order valence-electron chi connectivity index (χ0n) is 7.38. The normalized spacial score (nSPS) is 14.6. The zero-order valence-corrected chi connectivity index (χ0v) is 8.38. The van der Waals surface area contributed by atoms with Crippen LogP contribution in [-0.4, -0.2) is 22.1 Å². The molecule has 5 heteroatoms. The van der Waals surface area contributed by atoms with Gasteiger partial charge in [0.05, 0.1) is 5.92 Å². The summed E-state index contributed by atoms with van der Waals surface area (Å²) in [5.74, 6) is -1.95. The highest BCUT2D eigenvalue weighted by atomic mass is 31.1. The van der Waals surface area contributed by atoms with E-state index in [1.807, 2.05) is 0 Å². The lowest BCUT2D eigenvalue weighted by Gasteiger charge is -2.09. The second-order valence-electron chi connectivity index (χ2n) is 2.90. The molecular formula is C9H11O4P. The molecule has 2 N–H and O–H groups in total. The summed E-state index contributed by atoms with van der Waals surface area (Å²) in [6.07, 6.45) is -0.204. The van der Waals surface area contributed by atoms with Gasteiger partial charge in [0.1, 0.15) is 0 Å². The van der Waals surface area contributed by atoms with E-state index in [9.17, 15) is 9.36 Å². The molecule has 2 atom stereocenters. The van der Waals surface area contributed by atoms with Crippen LogP contribution >= 0.6 is 8.03 Å². The number of carboxylic acid groups (broad SMARTS) is 1. The highest BCUT2D eigenvalue weighted by Crippen LogP contribution is 2.26. The number of carboxylic acids is 1. The Morgan fingerprint density at radius 3 is 2.36 bits per heavy atom. The minimum absolute atomic E-state index is 0.204. The topological polar surface area (TPSA) is 74.6 Å². The van der Waals surface area contributed by atoms with Crippen LogP contribution in [0.2, 0.25) is 0 Å². The third-order valence-corrected chi connectivity index (χ3v) is 2.64. The fraction of sp³-hybridized carbons (Fsp3) is 0.222. The third kappa shape index (κ3) is 2.98. The van der Waals surface area contributed by atoms with E-state index < -0.39 is 19.9 Å². The van der Waals surface area contributed by atoms with Gasteiger partial charge in [-0.1, -0.05) is 30.3 Å². The van der Waals surface area contributed by atoms with E-state index >= 15 is 0 Å². The Morgan fingerprint density at radius 2 is 1.93 bits per heavy atom. The highest BCUT2D eigenvalue weighted by Gasteiger charge is 2.21. The van der Waals surface area contributed by atoms with Crippen LogP contribution in [0.15, 0.2) is 30.3 Å². The Bertz CT molecular complexity index is 336. The van der Waals surface area contributed by atoms with E-state index in [-0.39, 0.29) is 6.16 Å². The fourth-order valence-corrected chi connectivity index (χ4v) is 1.97. The molecule has 14 heavy (non-hydrogen) atoms. The van der Waals surface area contributed by atoms with Crippen LogP contribution < -0.4 is 0 Å². The average molecular weight is 214 g/mol. The third-order valence-electron chi connectivity index (χ3n) is 1.88. The molecule has 0 heterocycles. The molecular weight excluding hydrogens is 203 g/mol. The summed E-state index contributed by atoms with van der Waals surface area (Å²) in [5, 5.41) is 8.84. The summed E-state index contributed by atoms with van der Waals surface area (Å²) < 4.78 is 10.6. The van der Waals surface area contributed by atoms with Crippen LogP contribution in [0.25, 0.3) is 0 Å². The van der Waals surface area contributed by atoms with Crippen molar-refractivity contribution in [3.63, 3.8) is 0 Å². The van der Waals surface area contributed by atoms with Gasteiger partial charge in [0.25, 0.3) is 0 Å². The first-order chi connectivity index (χ1) is 6.61. The molecule has 0 fully saturated rings. The zero-order chi connectivity index (χ0) is 10.6. The van der Waals surface area contributed by atoms with Gasteiger partial charge >= 0.3 is 5.97 Å². The molecule has 0 radical (unpaired) electrons. The van der Waals surface area contributed by atoms with Crippen molar-refractivity contribution in [3.05, 3.63) is 35.9 Å². The molecule has 1 aromatic rings. The smallest absolute Gasteiger partial charge is 0.311 e. The van der Waals surface area contributed by atoms with Crippen molar-refractivity contribution in [2.75, 3.05) is 6.16 Å². The van der Waals surface area contributed by atoms with Crippen molar-refractivity contribution < 1.29 is 19.4 Å². The van der Waals surface area contributed by atoms with E-state index in [1.165, 1.54) is 0 Å². The Morgan fingerprint density at radius 1 is 1.36 bits per heavy atom. The molecule has 0 aliphatic carbocycles. The summed E-state index contributed by atoms with van der Waals surface area (Å²) in [6.45, 7) is 0. The van der Waals surface area contributed by atoms with Gasteiger partial charge in [0, 0.05) is 6.16 Å². The van der Waals surface area contributed by atoms with Crippen LogP contribution in [0.5, 0.6) is 0 Å². The van der Waals surface area contributed by atoms with Gasteiger partial charge in [-0.2, -0.15) is 0 Å². The molecule has 0 aliphatic heterocycles. The van der Waals surface area contributed by atoms with Crippen LogP contribution in [0.3, 0.4) is 0 Å². The molecule has 1 aromatic carbocycles. The molecule has 0 saturated heterocycles. The van der Waals surface area contributed by atoms with Crippen molar-refractivity contribution in [1.29, 1.82) is 0 Å². The van der Waals surface area contributed by atoms with Gasteiger partial charge in [-0.3, -0.25) is 9.36 Å². The Hall–Kier alpha value is -1.12. The molecule has 0 spiro atoms. The highest BCUT2D eigenvalue weighted by molar-refractivity contribution is 7.38. The number of hydrogen-bond donors (Lipinski definition) is 2. The fourth-order valence-electron chi connectivity index (χ4n) is 1.21. The predicted molar refractivity (Wildman–Crippen MR) is 52.9 cm³/mol. The van der Waals surface area contributed by atoms with Crippen LogP contribution in [0.1, 0.15) is 11.5 Å². The van der Waals surface area contributed by atoms with Gasteiger partial charge in [-0.15, -0.1) is 0 Å². The lowest BCUT2D eigenvalue weighted by Crippen LogP contribution is -2.13. The SMILES string of the molecule is O=C(O)C(C[PH](=O)O)c1ccccc1. The van der Waals surface area contributed by atoms with E-state index in [0.29, 0.717) is 5.56 Å². The minimum Gasteiger partial charge on any atom is -0.481 e. The standard InChI is InChI=1S/C9H11O4P/c10-9(11)8(6-14(12)13)7-4-2-1-3-5-7/h1-5,8,14H,6H2,(H,10,11)(H,12,13). The molecule has 76 valence electrons. The number of rotatable bonds is 4. The summed E-state index contributed by atoms with van der Waals surface area (Å²) in [4.78, 5) is 19.5. The molecule has 0 bridgehead atoms. The summed E-state index contributed by atoms with van der Waals surface area (Å²) in [7, 11) is -2.76. The van der Waals surface area contributed by atoms with Crippen molar-refractivity contribution in [3.8, 4) is 0 Å². The number of aliphatic carboxylic acids is 1. The monoisotopic (exact) mass is 214 g/mol. The maximum Gasteiger partial charge on any atom is 0.311 e. The van der Waals surface area contributed by atoms with Crippen molar-refractivity contribution in [2.24, 2.45) is 0 Å². The quantitative estimate of drug-likeness (QED) is 0.741. The maximum absolute atomic E-state index is 10.8. The van der Waals surface area contributed by atoms with E-state index in [2.05, 4.69) is 0 Å². The van der Waals surface area contributed by atoms with E-state index in [4.69, 9.17) is 10.00 Å². The number of benzene rings is 1. The van der Waals surface area contributed by atoms with Gasteiger partial charge < -0.3 is 10.00 Å². The minimum atomic E-state index is -2.76. The predicted octanol–water partition coefficient (Wildman–Crippen LogP) is 1.32. The van der Waals surface area contributed by atoms with E-state index in [0.717, 1.165) is 0 Å². The van der Waals surface area contributed by atoms with Crippen LogP contribution in [-0.2, 0) is 9.36 Å². The number of carbonyl (C=O) groups is 1. The molecule has 0 aliphatic rings. The van der Waals surface area contributed by atoms with Gasteiger partial charge in [-0.05, 0) is 5.56 Å². The molecule has 4 nitrogen and oxygen atoms in total. The average Bonchev–Trinajstić information content (AvgIpc) is 2.15. The molecule has 2 unspecified atom stereocenters. The lowest BCUT2D eigenvalue weighted by molar-refractivity contribution is -0.138. The largest absolute Gasteiger partial charge is 0.481 e. The van der Waals surface area contributed by atoms with Gasteiger partial charge in [0.2, 0.25) is 0 Å². The molecule has 0 saturated carbocycles. The molecule has 1 rings (SSSR count). The Balaban J connectivity index is 2.89. The first-order valence-electron chi connectivity index (χ1n) is 4.11. The summed E-state index contributed by atoms with van der Waals surface area (Å²) >= 11 is 0. The van der Waals surface area contributed by atoms with E-state index in [1.54, 1.807) is 30.3 Å². The lowest BCUT2D eigenvalue weighted by atomic mass is 10.0. The Labute approximate surface area is 82.1 Å². The van der Waals surface area contributed by atoms with Crippen molar-refractivity contribution >= 4 is 14.0 Å². The van der Waals surface area contributed by atoms with Crippen molar-refractivity contribution in [1.82, 2.24) is 0 Å². The molecule has 0 aromatic heterocycles. The van der Waals surface area contributed by atoms with Crippen molar-refractivity contribution in [2.45, 2.75) is 5.92 Å². The second-order valence-corrected chi connectivity index (χ2v) is 4.10. The maximum atomic E-state index is 10.8. The Kier molecular flexibility index (Phi) is 3.86. The number of hydrogen-bond acceptors (Lipinski definition) is 2. The van der Waals surface area contributed by atoms with Gasteiger partial charge in [0.15, 0.2) is 8.03 Å². The summed E-state index contributed by atoms with van der Waals surface area (Å²) in [5.41, 5.74) is 0.562. The molecule has 0 amide bonds. The summed E-state index contributed by atoms with van der Waals surface area (Å²) in [6, 6.07) is 8.47. The van der Waals surface area contributed by atoms with Crippen LogP contribution in [0.4, 0.5) is 0 Å². The first kappa shape index (κ1) is 11.0. The van der Waals surface area contributed by atoms with Gasteiger partial charge in [-0.25, -0.2) is 0 Å². The first-order valence-corrected chi connectivity index (χ1v) is 5.67. The second kappa shape index (κ2) is 4.94.